The maximum atomic E-state index is 13.2. The molecule has 0 spiro atoms. The van der Waals surface area contributed by atoms with Gasteiger partial charge in [-0.3, -0.25) is 4.79 Å². The number of halogens is 3. The number of nitrogens with one attached hydrogen (secondary N) is 1. The largest absolute Gasteiger partial charge is 0.493 e. The van der Waals surface area contributed by atoms with Gasteiger partial charge in [0.15, 0.2) is 34.3 Å². The number of rotatable bonds is 9. The highest BCUT2D eigenvalue weighted by Crippen LogP contribution is 2.41. The van der Waals surface area contributed by atoms with Gasteiger partial charge in [0.05, 0.1) is 39.8 Å². The highest BCUT2D eigenvalue weighted by Gasteiger charge is 2.30. The van der Waals surface area contributed by atoms with Crippen LogP contribution in [0.3, 0.4) is 0 Å². The summed E-state index contributed by atoms with van der Waals surface area (Å²) in [4.78, 5) is 31.4. The molecular formula is C34H34F3N7O4. The summed E-state index contributed by atoms with van der Waals surface area (Å²) in [7, 11) is 6.58. The Labute approximate surface area is 274 Å². The van der Waals surface area contributed by atoms with Crippen molar-refractivity contribution in [3.63, 3.8) is 0 Å². The molecule has 0 bridgehead atoms. The Kier molecular flexibility index (Phi) is 9.09. The molecule has 1 amide bonds. The van der Waals surface area contributed by atoms with E-state index in [9.17, 15) is 18.0 Å². The van der Waals surface area contributed by atoms with Gasteiger partial charge in [0.1, 0.15) is 0 Å². The van der Waals surface area contributed by atoms with E-state index >= 15 is 0 Å². The summed E-state index contributed by atoms with van der Waals surface area (Å²) in [6, 6.07) is 15.5. The van der Waals surface area contributed by atoms with Crippen molar-refractivity contribution in [3.8, 4) is 28.6 Å². The minimum Gasteiger partial charge on any atom is -0.493 e. The molecule has 0 saturated carbocycles. The van der Waals surface area contributed by atoms with Crippen LogP contribution in [-0.2, 0) is 12.7 Å². The van der Waals surface area contributed by atoms with E-state index in [0.717, 1.165) is 25.2 Å². The number of likely N-dealkylation sites (N-methyl/N-ethyl adjacent to an activating group) is 1. The van der Waals surface area contributed by atoms with Crippen molar-refractivity contribution in [1.82, 2.24) is 29.3 Å². The molecule has 6 rings (SSSR count). The highest BCUT2D eigenvalue weighted by molar-refractivity contribution is 5.95. The summed E-state index contributed by atoms with van der Waals surface area (Å²) < 4.78 is 57.7. The maximum Gasteiger partial charge on any atom is 0.416 e. The van der Waals surface area contributed by atoms with Crippen LogP contribution in [0, 0.1) is 0 Å². The SMILES string of the molecule is COc1cc(Nc2nc(-c3ccc(C(=O)N4CCN(C)CC4)cc3)nc3c2ncn3Cc2ccc(C(F)(F)F)cc2)cc(OC)c1OC. The van der Waals surface area contributed by atoms with Gasteiger partial charge in [0, 0.05) is 55.1 Å². The second-order valence-corrected chi connectivity index (χ2v) is 11.3. The molecule has 1 fully saturated rings. The number of piperazine rings is 1. The summed E-state index contributed by atoms with van der Waals surface area (Å²) in [6.07, 6.45) is -2.86. The molecule has 3 aromatic carbocycles. The van der Waals surface area contributed by atoms with Crippen LogP contribution < -0.4 is 19.5 Å². The fourth-order valence-corrected chi connectivity index (χ4v) is 5.52. The quantitative estimate of drug-likeness (QED) is 0.212. The summed E-state index contributed by atoms with van der Waals surface area (Å²) in [5, 5.41) is 3.30. The van der Waals surface area contributed by atoms with E-state index in [2.05, 4.69) is 15.2 Å². The number of ether oxygens (including phenoxy) is 3. The van der Waals surface area contributed by atoms with Gasteiger partial charge in [0.25, 0.3) is 5.91 Å². The van der Waals surface area contributed by atoms with Crippen LogP contribution in [-0.4, -0.2) is 89.8 Å². The van der Waals surface area contributed by atoms with Crippen LogP contribution in [0.25, 0.3) is 22.6 Å². The van der Waals surface area contributed by atoms with Crippen LogP contribution in [0.2, 0.25) is 0 Å². The van der Waals surface area contributed by atoms with Crippen molar-refractivity contribution < 1.29 is 32.2 Å². The number of benzene rings is 3. The van der Waals surface area contributed by atoms with Crippen molar-refractivity contribution in [3.05, 3.63) is 83.7 Å². The van der Waals surface area contributed by atoms with Crippen LogP contribution in [0.5, 0.6) is 17.2 Å². The van der Waals surface area contributed by atoms with Crippen LogP contribution in [0.1, 0.15) is 21.5 Å². The fourth-order valence-electron chi connectivity index (χ4n) is 5.52. The van der Waals surface area contributed by atoms with E-state index in [0.29, 0.717) is 75.5 Å². The zero-order chi connectivity index (χ0) is 34.0. The third-order valence-electron chi connectivity index (χ3n) is 8.21. The predicted octanol–water partition coefficient (Wildman–Crippen LogP) is 5.72. The highest BCUT2D eigenvalue weighted by atomic mass is 19.4. The zero-order valence-electron chi connectivity index (χ0n) is 26.8. The first kappa shape index (κ1) is 32.6. The van der Waals surface area contributed by atoms with E-state index in [1.807, 2.05) is 11.9 Å². The zero-order valence-corrected chi connectivity index (χ0v) is 26.8. The minimum atomic E-state index is -4.43. The lowest BCUT2D eigenvalue weighted by atomic mass is 10.1. The first-order valence-electron chi connectivity index (χ1n) is 15.1. The topological polar surface area (TPSA) is 107 Å². The first-order valence-corrected chi connectivity index (χ1v) is 15.1. The van der Waals surface area contributed by atoms with Crippen LogP contribution in [0.4, 0.5) is 24.7 Å². The average molecular weight is 662 g/mol. The van der Waals surface area contributed by atoms with Crippen LogP contribution >= 0.6 is 0 Å². The van der Waals surface area contributed by atoms with E-state index in [4.69, 9.17) is 24.2 Å². The second-order valence-electron chi connectivity index (χ2n) is 11.3. The molecule has 2 aromatic heterocycles. The van der Waals surface area contributed by atoms with Gasteiger partial charge >= 0.3 is 6.18 Å². The fraction of sp³-hybridized carbons (Fsp3) is 0.294. The number of hydrogen-bond donors (Lipinski definition) is 1. The lowest BCUT2D eigenvalue weighted by Gasteiger charge is -2.32. The summed E-state index contributed by atoms with van der Waals surface area (Å²) in [5.41, 5.74) is 2.58. The number of alkyl halides is 3. The van der Waals surface area contributed by atoms with Crippen molar-refractivity contribution in [2.75, 3.05) is 59.9 Å². The number of hydrogen-bond acceptors (Lipinski definition) is 9. The molecule has 3 heterocycles. The van der Waals surface area contributed by atoms with Crippen molar-refractivity contribution in [1.29, 1.82) is 0 Å². The monoisotopic (exact) mass is 661 g/mol. The Balaban J connectivity index is 1.38. The van der Waals surface area contributed by atoms with Gasteiger partial charge in [-0.25, -0.2) is 15.0 Å². The lowest BCUT2D eigenvalue weighted by Crippen LogP contribution is -2.47. The Hall–Kier alpha value is -5.37. The third-order valence-corrected chi connectivity index (χ3v) is 8.21. The van der Waals surface area contributed by atoms with Gasteiger partial charge in [-0.2, -0.15) is 13.2 Å². The summed E-state index contributed by atoms with van der Waals surface area (Å²) in [5.74, 6) is 1.96. The third kappa shape index (κ3) is 6.69. The Morgan fingerprint density at radius 1 is 0.875 bits per heavy atom. The molecular weight excluding hydrogens is 627 g/mol. The van der Waals surface area contributed by atoms with Crippen LogP contribution in [0.15, 0.2) is 67.0 Å². The number of imidazole rings is 1. The molecule has 250 valence electrons. The molecule has 1 N–H and O–H groups in total. The smallest absolute Gasteiger partial charge is 0.416 e. The van der Waals surface area contributed by atoms with Gasteiger partial charge in [0.2, 0.25) is 5.75 Å². The molecule has 5 aromatic rings. The lowest BCUT2D eigenvalue weighted by molar-refractivity contribution is -0.137. The average Bonchev–Trinajstić information content (AvgIpc) is 3.50. The van der Waals surface area contributed by atoms with Gasteiger partial charge < -0.3 is 33.9 Å². The Bertz CT molecular complexity index is 1900. The molecule has 11 nitrogen and oxygen atoms in total. The number of carbonyl (C=O) groups is 1. The number of carbonyl (C=O) groups excluding carboxylic acids is 1. The Morgan fingerprint density at radius 3 is 2.10 bits per heavy atom. The standard InChI is InChI=1S/C34H34F3N7O4/c1-42-13-15-43(16-14-42)33(45)23-9-7-22(8-10-23)30-40-31(39-25-17-26(46-2)29(48-4)27(18-25)47-3)28-32(41-30)44(20-38-28)19-21-5-11-24(12-6-21)34(35,36)37/h5-12,17-18,20H,13-16,19H2,1-4H3,(H,39,40,41). The van der Waals surface area contributed by atoms with Gasteiger partial charge in [-0.15, -0.1) is 0 Å². The Morgan fingerprint density at radius 2 is 1.52 bits per heavy atom. The van der Waals surface area contributed by atoms with Gasteiger partial charge in [-0.05, 0) is 36.9 Å². The van der Waals surface area contributed by atoms with Crippen molar-refractivity contribution >= 4 is 28.6 Å². The number of nitrogens with zero attached hydrogens (tertiary/aromatic N) is 6. The molecule has 14 heteroatoms. The van der Waals surface area contributed by atoms with Gasteiger partial charge in [-0.1, -0.05) is 24.3 Å². The number of anilines is 2. The van der Waals surface area contributed by atoms with E-state index in [1.165, 1.54) is 33.5 Å². The molecule has 0 unspecified atom stereocenters. The molecule has 1 aliphatic rings. The molecule has 1 saturated heterocycles. The minimum absolute atomic E-state index is 0.0367. The summed E-state index contributed by atoms with van der Waals surface area (Å²) >= 11 is 0. The predicted molar refractivity (Wildman–Crippen MR) is 174 cm³/mol. The molecule has 1 aliphatic heterocycles. The number of aromatic nitrogens is 4. The molecule has 0 aliphatic carbocycles. The second kappa shape index (κ2) is 13.4. The number of fused-ring (bicyclic) bond motifs is 1. The number of amides is 1. The molecule has 0 atom stereocenters. The normalized spacial score (nSPS) is 13.9. The van der Waals surface area contributed by atoms with Crippen molar-refractivity contribution in [2.45, 2.75) is 12.7 Å². The van der Waals surface area contributed by atoms with Crippen molar-refractivity contribution in [2.24, 2.45) is 0 Å². The van der Waals surface area contributed by atoms with E-state index < -0.39 is 11.7 Å². The maximum absolute atomic E-state index is 13.2. The summed E-state index contributed by atoms with van der Waals surface area (Å²) in [6.45, 7) is 3.18. The first-order chi connectivity index (χ1) is 23.1. The van der Waals surface area contributed by atoms with E-state index in [1.54, 1.807) is 47.3 Å². The molecule has 0 radical (unpaired) electrons. The molecule has 48 heavy (non-hydrogen) atoms. The van der Waals surface area contributed by atoms with E-state index in [-0.39, 0.29) is 12.5 Å². The number of methoxy groups -OCH3 is 3.